The van der Waals surface area contributed by atoms with Crippen molar-refractivity contribution in [1.82, 2.24) is 10.2 Å². The number of carbonyl (C=O) groups excluding carboxylic acids is 1. The summed E-state index contributed by atoms with van der Waals surface area (Å²) < 4.78 is 35.0. The molecule has 0 spiro atoms. The fraction of sp³-hybridized carbons (Fsp3) is 0.952. The first-order chi connectivity index (χ1) is 13.5. The van der Waals surface area contributed by atoms with Gasteiger partial charge in [0.1, 0.15) is 15.4 Å². The molecule has 1 aliphatic carbocycles. The Balaban J connectivity index is 1.66. The average molecular weight is 431 g/mol. The summed E-state index contributed by atoms with van der Waals surface area (Å²) in [5.74, 6) is 0.469. The Kier molecular flexibility index (Phi) is 7.16. The van der Waals surface area contributed by atoms with Crippen molar-refractivity contribution in [2.75, 3.05) is 19.5 Å². The number of amides is 1. The monoisotopic (exact) mass is 430 g/mol. The summed E-state index contributed by atoms with van der Waals surface area (Å²) in [4.78, 5) is 14.9. The Morgan fingerprint density at radius 2 is 1.76 bits per heavy atom. The van der Waals surface area contributed by atoms with Crippen molar-refractivity contribution in [3.8, 4) is 0 Å². The third-order valence-corrected chi connectivity index (χ3v) is 8.21. The lowest BCUT2D eigenvalue weighted by atomic mass is 9.80. The van der Waals surface area contributed by atoms with Gasteiger partial charge >= 0.3 is 6.09 Å². The summed E-state index contributed by atoms with van der Waals surface area (Å²) in [6.45, 7) is 6.92. The van der Waals surface area contributed by atoms with Gasteiger partial charge in [-0.3, -0.25) is 10.2 Å². The van der Waals surface area contributed by atoms with Gasteiger partial charge < -0.3 is 9.47 Å². The average Bonchev–Trinajstić information content (AvgIpc) is 3.14. The minimum atomic E-state index is -2.95. The number of ether oxygens (including phenoxy) is 2. The highest BCUT2D eigenvalue weighted by molar-refractivity contribution is 7.91. The molecular weight excluding hydrogens is 392 g/mol. The van der Waals surface area contributed by atoms with Crippen molar-refractivity contribution < 1.29 is 22.7 Å². The van der Waals surface area contributed by atoms with E-state index in [1.807, 2.05) is 25.7 Å². The third-order valence-electron chi connectivity index (χ3n) is 6.53. The largest absolute Gasteiger partial charge is 0.444 e. The molecule has 0 radical (unpaired) electrons. The predicted molar refractivity (Wildman–Crippen MR) is 112 cm³/mol. The standard InChI is InChI=1S/C21H38N2O5S/c1-21(2,3)28-20(24)23(16-12-13-27-14-16)19-7-5-6-18(22-19)15-8-10-17(11-9-15)29(4,25)26/h15-19,22H,5-14H2,1-4H3. The molecule has 2 saturated heterocycles. The second-order valence-corrected chi connectivity index (χ2v) is 12.3. The van der Waals surface area contributed by atoms with Crippen LogP contribution in [0.1, 0.15) is 72.1 Å². The zero-order valence-electron chi connectivity index (χ0n) is 18.4. The molecule has 1 N–H and O–H groups in total. The highest BCUT2D eigenvalue weighted by Crippen LogP contribution is 2.34. The number of nitrogens with zero attached hydrogens (tertiary/aromatic N) is 1. The van der Waals surface area contributed by atoms with Crippen LogP contribution in [-0.4, -0.2) is 68.0 Å². The molecule has 2 heterocycles. The lowest BCUT2D eigenvalue weighted by Crippen LogP contribution is -2.60. The SMILES string of the molecule is CC(C)(C)OC(=O)N(C1CCOC1)C1CCCC(C2CCC(S(C)(=O)=O)CC2)N1. The smallest absolute Gasteiger partial charge is 0.411 e. The summed E-state index contributed by atoms with van der Waals surface area (Å²) in [5.41, 5.74) is -0.535. The molecule has 3 fully saturated rings. The van der Waals surface area contributed by atoms with Crippen LogP contribution in [0.4, 0.5) is 4.79 Å². The van der Waals surface area contributed by atoms with Crippen LogP contribution >= 0.6 is 0 Å². The summed E-state index contributed by atoms with van der Waals surface area (Å²) in [5, 5.41) is 3.55. The predicted octanol–water partition coefficient (Wildman–Crippen LogP) is 3.08. The van der Waals surface area contributed by atoms with Crippen LogP contribution in [0.15, 0.2) is 0 Å². The van der Waals surface area contributed by atoms with Gasteiger partial charge in [-0.25, -0.2) is 13.2 Å². The molecule has 0 aromatic rings. The van der Waals surface area contributed by atoms with Crippen molar-refractivity contribution in [2.24, 2.45) is 5.92 Å². The van der Waals surface area contributed by atoms with Crippen LogP contribution in [0, 0.1) is 5.92 Å². The van der Waals surface area contributed by atoms with E-state index in [2.05, 4.69) is 5.32 Å². The first-order valence-electron chi connectivity index (χ1n) is 11.1. The normalized spacial score (nSPS) is 34.0. The van der Waals surface area contributed by atoms with E-state index in [1.54, 1.807) is 0 Å². The number of hydrogen-bond acceptors (Lipinski definition) is 6. The zero-order valence-corrected chi connectivity index (χ0v) is 19.2. The molecular formula is C21H38N2O5S. The van der Waals surface area contributed by atoms with Crippen LogP contribution in [0.25, 0.3) is 0 Å². The Hall–Kier alpha value is -0.860. The van der Waals surface area contributed by atoms with Crippen LogP contribution in [-0.2, 0) is 19.3 Å². The molecule has 3 atom stereocenters. The number of piperidine rings is 1. The number of carbonyl (C=O) groups is 1. The highest BCUT2D eigenvalue weighted by Gasteiger charge is 2.40. The first kappa shape index (κ1) is 22.8. The third kappa shape index (κ3) is 6.07. The fourth-order valence-corrected chi connectivity index (χ4v) is 6.17. The summed E-state index contributed by atoms with van der Waals surface area (Å²) >= 11 is 0. The first-order valence-corrected chi connectivity index (χ1v) is 13.0. The van der Waals surface area contributed by atoms with Crippen molar-refractivity contribution in [3.05, 3.63) is 0 Å². The van der Waals surface area contributed by atoms with Crippen molar-refractivity contribution in [3.63, 3.8) is 0 Å². The number of hydrogen-bond donors (Lipinski definition) is 1. The van der Waals surface area contributed by atoms with Crippen molar-refractivity contribution in [2.45, 2.75) is 101 Å². The maximum absolute atomic E-state index is 13.0. The zero-order chi connectivity index (χ0) is 21.2. The molecule has 8 heteroatoms. The lowest BCUT2D eigenvalue weighted by molar-refractivity contribution is -0.0109. The second-order valence-electron chi connectivity index (χ2n) is 9.99. The van der Waals surface area contributed by atoms with Gasteiger partial charge in [0.2, 0.25) is 0 Å². The van der Waals surface area contributed by atoms with Gasteiger partial charge in [-0.2, -0.15) is 0 Å². The van der Waals surface area contributed by atoms with Crippen LogP contribution in [0.5, 0.6) is 0 Å². The Morgan fingerprint density at radius 3 is 2.31 bits per heavy atom. The van der Waals surface area contributed by atoms with Gasteiger partial charge in [0, 0.05) is 18.9 Å². The van der Waals surface area contributed by atoms with Crippen LogP contribution in [0.2, 0.25) is 0 Å². The van der Waals surface area contributed by atoms with Crippen molar-refractivity contribution >= 4 is 15.9 Å². The van der Waals surface area contributed by atoms with E-state index < -0.39 is 15.4 Å². The lowest BCUT2D eigenvalue weighted by Gasteiger charge is -2.44. The van der Waals surface area contributed by atoms with Crippen LogP contribution < -0.4 is 5.32 Å². The second kappa shape index (κ2) is 9.10. The van der Waals surface area contributed by atoms with Crippen LogP contribution in [0.3, 0.4) is 0 Å². The summed E-state index contributed by atoms with van der Waals surface area (Å²) in [6, 6.07) is 0.364. The van der Waals surface area contributed by atoms with E-state index >= 15 is 0 Å². The molecule has 0 aromatic carbocycles. The Bertz CT molecular complexity index is 661. The molecule has 7 nitrogen and oxygen atoms in total. The highest BCUT2D eigenvalue weighted by atomic mass is 32.2. The molecule has 0 bridgehead atoms. The minimum absolute atomic E-state index is 0.0436. The van der Waals surface area contributed by atoms with E-state index in [1.165, 1.54) is 6.26 Å². The Labute approximate surface area is 175 Å². The van der Waals surface area contributed by atoms with Gasteiger partial charge in [0.25, 0.3) is 0 Å². The topological polar surface area (TPSA) is 84.9 Å². The van der Waals surface area contributed by atoms with Gasteiger partial charge in [-0.15, -0.1) is 0 Å². The Morgan fingerprint density at radius 1 is 1.07 bits per heavy atom. The van der Waals surface area contributed by atoms with Gasteiger partial charge in [0.15, 0.2) is 0 Å². The van der Waals surface area contributed by atoms with E-state index in [9.17, 15) is 13.2 Å². The maximum Gasteiger partial charge on any atom is 0.411 e. The maximum atomic E-state index is 13.0. The summed E-state index contributed by atoms with van der Waals surface area (Å²) in [6.07, 6.45) is 8.27. The van der Waals surface area contributed by atoms with Gasteiger partial charge in [0.05, 0.1) is 24.1 Å². The minimum Gasteiger partial charge on any atom is -0.444 e. The number of sulfone groups is 1. The molecule has 0 aromatic heterocycles. The van der Waals surface area contributed by atoms with Gasteiger partial charge in [-0.05, 0) is 78.1 Å². The van der Waals surface area contributed by atoms with Gasteiger partial charge in [-0.1, -0.05) is 0 Å². The van der Waals surface area contributed by atoms with E-state index in [0.717, 1.165) is 51.4 Å². The summed E-state index contributed by atoms with van der Waals surface area (Å²) in [7, 11) is -2.95. The fourth-order valence-electron chi connectivity index (χ4n) is 5.04. The molecule has 3 aliphatic rings. The molecule has 2 aliphatic heterocycles. The van der Waals surface area contributed by atoms with E-state index in [-0.39, 0.29) is 23.6 Å². The molecule has 1 amide bonds. The molecule has 3 rings (SSSR count). The quantitative estimate of drug-likeness (QED) is 0.738. The van der Waals surface area contributed by atoms with E-state index in [4.69, 9.17) is 9.47 Å². The van der Waals surface area contributed by atoms with Crippen molar-refractivity contribution in [1.29, 1.82) is 0 Å². The molecule has 3 unspecified atom stereocenters. The van der Waals surface area contributed by atoms with E-state index in [0.29, 0.717) is 25.2 Å². The molecule has 1 saturated carbocycles. The molecule has 29 heavy (non-hydrogen) atoms. The number of rotatable bonds is 4. The number of nitrogens with one attached hydrogen (secondary N) is 1. The molecule has 168 valence electrons.